The van der Waals surface area contributed by atoms with Crippen LogP contribution in [0.15, 0.2) is 18.2 Å². The van der Waals surface area contributed by atoms with Crippen molar-refractivity contribution in [1.82, 2.24) is 4.90 Å². The first-order chi connectivity index (χ1) is 6.52. The van der Waals surface area contributed by atoms with E-state index in [0.29, 0.717) is 12.1 Å². The van der Waals surface area contributed by atoms with E-state index in [1.807, 2.05) is 19.0 Å². The van der Waals surface area contributed by atoms with E-state index >= 15 is 0 Å². The van der Waals surface area contributed by atoms with Gasteiger partial charge >= 0.3 is 7.12 Å². The molecule has 0 heterocycles. The van der Waals surface area contributed by atoms with E-state index in [9.17, 15) is 4.39 Å². The Labute approximate surface area is 82.9 Å². The second-order valence-corrected chi connectivity index (χ2v) is 3.42. The predicted molar refractivity (Wildman–Crippen MR) is 53.6 cm³/mol. The fourth-order valence-electron chi connectivity index (χ4n) is 1.35. The SMILES string of the molecule is CN(C)Cc1cccc(F)c1B(O)O. The molecule has 14 heavy (non-hydrogen) atoms. The van der Waals surface area contributed by atoms with Gasteiger partial charge in [-0.3, -0.25) is 0 Å². The summed E-state index contributed by atoms with van der Waals surface area (Å²) in [5.74, 6) is -0.584. The largest absolute Gasteiger partial charge is 0.491 e. The maximum Gasteiger partial charge on any atom is 0.491 e. The van der Waals surface area contributed by atoms with Gasteiger partial charge in [0.1, 0.15) is 5.82 Å². The van der Waals surface area contributed by atoms with Gasteiger partial charge < -0.3 is 14.9 Å². The summed E-state index contributed by atoms with van der Waals surface area (Å²) in [5, 5.41) is 18.0. The molecule has 0 radical (unpaired) electrons. The second-order valence-electron chi connectivity index (χ2n) is 3.42. The van der Waals surface area contributed by atoms with Gasteiger partial charge in [-0.05, 0) is 25.7 Å². The van der Waals surface area contributed by atoms with Crippen LogP contribution in [0, 0.1) is 5.82 Å². The van der Waals surface area contributed by atoms with Gasteiger partial charge in [-0.1, -0.05) is 12.1 Å². The summed E-state index contributed by atoms with van der Waals surface area (Å²) >= 11 is 0. The Balaban J connectivity index is 3.08. The summed E-state index contributed by atoms with van der Waals surface area (Å²) in [7, 11) is 1.91. The molecule has 0 bridgehead atoms. The molecule has 5 heteroatoms. The maximum atomic E-state index is 13.2. The van der Waals surface area contributed by atoms with Crippen molar-refractivity contribution in [1.29, 1.82) is 0 Å². The zero-order chi connectivity index (χ0) is 10.7. The zero-order valence-electron chi connectivity index (χ0n) is 8.24. The molecule has 0 saturated heterocycles. The highest BCUT2D eigenvalue weighted by Gasteiger charge is 2.20. The van der Waals surface area contributed by atoms with Crippen LogP contribution in [0.1, 0.15) is 5.56 Å². The smallest absolute Gasteiger partial charge is 0.423 e. The van der Waals surface area contributed by atoms with Gasteiger partial charge in [0, 0.05) is 12.0 Å². The fraction of sp³-hybridized carbons (Fsp3) is 0.333. The van der Waals surface area contributed by atoms with Crippen molar-refractivity contribution in [3.63, 3.8) is 0 Å². The number of halogens is 1. The zero-order valence-corrected chi connectivity index (χ0v) is 8.24. The molecule has 0 aliphatic heterocycles. The summed E-state index contributed by atoms with van der Waals surface area (Å²) in [4.78, 5) is 1.83. The molecular formula is C9H13BFNO2. The van der Waals surface area contributed by atoms with Crippen molar-refractivity contribution in [3.8, 4) is 0 Å². The van der Waals surface area contributed by atoms with Gasteiger partial charge in [-0.25, -0.2) is 4.39 Å². The van der Waals surface area contributed by atoms with Crippen LogP contribution in [-0.4, -0.2) is 36.2 Å². The highest BCUT2D eigenvalue weighted by atomic mass is 19.1. The summed E-state index contributed by atoms with van der Waals surface area (Å²) in [6, 6.07) is 4.45. The van der Waals surface area contributed by atoms with Crippen LogP contribution >= 0.6 is 0 Å². The number of benzene rings is 1. The van der Waals surface area contributed by atoms with Crippen molar-refractivity contribution >= 4 is 12.6 Å². The van der Waals surface area contributed by atoms with E-state index in [1.54, 1.807) is 12.1 Å². The first-order valence-corrected chi connectivity index (χ1v) is 4.30. The van der Waals surface area contributed by atoms with Gasteiger partial charge in [0.25, 0.3) is 0 Å². The third-order valence-electron chi connectivity index (χ3n) is 1.89. The predicted octanol–water partition coefficient (Wildman–Crippen LogP) is -0.433. The van der Waals surface area contributed by atoms with Crippen LogP contribution in [-0.2, 0) is 6.54 Å². The Morgan fingerprint density at radius 2 is 2.00 bits per heavy atom. The van der Waals surface area contributed by atoms with Gasteiger partial charge in [0.2, 0.25) is 0 Å². The first kappa shape index (κ1) is 11.2. The molecule has 0 atom stereocenters. The average Bonchev–Trinajstić information content (AvgIpc) is 2.01. The van der Waals surface area contributed by atoms with Gasteiger partial charge in [0.05, 0.1) is 0 Å². The van der Waals surface area contributed by atoms with Gasteiger partial charge in [-0.15, -0.1) is 0 Å². The lowest BCUT2D eigenvalue weighted by molar-refractivity contribution is 0.397. The molecular weight excluding hydrogens is 184 g/mol. The van der Waals surface area contributed by atoms with Gasteiger partial charge in [-0.2, -0.15) is 0 Å². The first-order valence-electron chi connectivity index (χ1n) is 4.30. The van der Waals surface area contributed by atoms with E-state index in [4.69, 9.17) is 10.0 Å². The van der Waals surface area contributed by atoms with Crippen LogP contribution in [0.2, 0.25) is 0 Å². The average molecular weight is 197 g/mol. The minimum absolute atomic E-state index is 0.0406. The van der Waals surface area contributed by atoms with Crippen LogP contribution in [0.3, 0.4) is 0 Å². The van der Waals surface area contributed by atoms with Crippen molar-refractivity contribution < 1.29 is 14.4 Å². The summed E-state index contributed by atoms with van der Waals surface area (Å²) in [6.07, 6.45) is 0. The van der Waals surface area contributed by atoms with Crippen molar-refractivity contribution in [2.75, 3.05) is 14.1 Å². The molecule has 1 aromatic carbocycles. The molecule has 0 amide bonds. The summed E-state index contributed by atoms with van der Waals surface area (Å²) in [6.45, 7) is 0.477. The van der Waals surface area contributed by atoms with E-state index in [1.165, 1.54) is 6.07 Å². The fourth-order valence-corrected chi connectivity index (χ4v) is 1.35. The lowest BCUT2D eigenvalue weighted by Crippen LogP contribution is -2.37. The number of hydrogen-bond donors (Lipinski definition) is 2. The molecule has 0 saturated carbocycles. The molecule has 0 aliphatic carbocycles. The van der Waals surface area contributed by atoms with Crippen LogP contribution in [0.25, 0.3) is 0 Å². The molecule has 2 N–H and O–H groups in total. The monoisotopic (exact) mass is 197 g/mol. The lowest BCUT2D eigenvalue weighted by atomic mass is 9.76. The molecule has 0 aliphatic rings. The topological polar surface area (TPSA) is 43.7 Å². The third-order valence-corrected chi connectivity index (χ3v) is 1.89. The van der Waals surface area contributed by atoms with Crippen LogP contribution < -0.4 is 5.46 Å². The maximum absolute atomic E-state index is 13.2. The molecule has 0 aromatic heterocycles. The molecule has 0 unspecified atom stereocenters. The molecule has 3 nitrogen and oxygen atoms in total. The van der Waals surface area contributed by atoms with E-state index < -0.39 is 12.9 Å². The van der Waals surface area contributed by atoms with E-state index in [-0.39, 0.29) is 5.46 Å². The summed E-state index contributed by atoms with van der Waals surface area (Å²) in [5.41, 5.74) is 0.547. The standard InChI is InChI=1S/C9H13BFNO2/c1-12(2)6-7-4-3-5-8(11)9(7)10(13)14/h3-5,13-14H,6H2,1-2H3. The van der Waals surface area contributed by atoms with Crippen molar-refractivity contribution in [2.24, 2.45) is 0 Å². The molecule has 76 valence electrons. The Hall–Kier alpha value is -0.905. The Morgan fingerprint density at radius 3 is 2.50 bits per heavy atom. The highest BCUT2D eigenvalue weighted by Crippen LogP contribution is 2.03. The number of nitrogens with zero attached hydrogens (tertiary/aromatic N) is 1. The lowest BCUT2D eigenvalue weighted by Gasteiger charge is -2.14. The minimum Gasteiger partial charge on any atom is -0.423 e. The Morgan fingerprint density at radius 1 is 1.36 bits per heavy atom. The van der Waals surface area contributed by atoms with Crippen molar-refractivity contribution in [3.05, 3.63) is 29.6 Å². The molecule has 1 rings (SSSR count). The second kappa shape index (κ2) is 4.55. The Bertz CT molecular complexity index is 318. The quantitative estimate of drug-likeness (QED) is 0.646. The third kappa shape index (κ3) is 2.54. The number of hydrogen-bond acceptors (Lipinski definition) is 3. The van der Waals surface area contributed by atoms with Crippen LogP contribution in [0.4, 0.5) is 4.39 Å². The van der Waals surface area contributed by atoms with Crippen LogP contribution in [0.5, 0.6) is 0 Å². The van der Waals surface area contributed by atoms with Gasteiger partial charge in [0.15, 0.2) is 0 Å². The Kier molecular flexibility index (Phi) is 3.63. The van der Waals surface area contributed by atoms with Crippen molar-refractivity contribution in [2.45, 2.75) is 6.54 Å². The molecule has 0 fully saturated rings. The molecule has 0 spiro atoms. The highest BCUT2D eigenvalue weighted by molar-refractivity contribution is 6.59. The minimum atomic E-state index is -1.76. The number of rotatable bonds is 3. The normalized spacial score (nSPS) is 10.7. The molecule has 1 aromatic rings. The van der Waals surface area contributed by atoms with E-state index in [2.05, 4.69) is 0 Å². The summed E-state index contributed by atoms with van der Waals surface area (Å²) < 4.78 is 13.2. The van der Waals surface area contributed by atoms with E-state index in [0.717, 1.165) is 0 Å².